The van der Waals surface area contributed by atoms with Crippen LogP contribution in [0.4, 0.5) is 0 Å². The van der Waals surface area contributed by atoms with Crippen molar-refractivity contribution in [2.24, 2.45) is 17.8 Å². The van der Waals surface area contributed by atoms with Gasteiger partial charge in [-0.25, -0.2) is 0 Å². The van der Waals surface area contributed by atoms with Crippen molar-refractivity contribution in [2.75, 3.05) is 13.2 Å². The summed E-state index contributed by atoms with van der Waals surface area (Å²) in [4.78, 5) is 23.6. The molecule has 4 heteroatoms. The summed E-state index contributed by atoms with van der Waals surface area (Å²) in [6.45, 7) is 4.33. The summed E-state index contributed by atoms with van der Waals surface area (Å²) < 4.78 is 0. The normalized spacial score (nSPS) is 18.4. The highest BCUT2D eigenvalue weighted by Crippen LogP contribution is 2.25. The Morgan fingerprint density at radius 1 is 1.17 bits per heavy atom. The molecule has 0 aliphatic heterocycles. The molecule has 2 atom stereocenters. The topological polar surface area (TPSA) is 66.4 Å². The molecule has 0 aromatic heterocycles. The Bertz CT molecular complexity index is 351. The van der Waals surface area contributed by atoms with Crippen LogP contribution in [0.25, 0.3) is 0 Å². The molecule has 1 amide bonds. The van der Waals surface area contributed by atoms with Gasteiger partial charge in [-0.15, -0.1) is 0 Å². The number of carbonyl (C=O) groups excluding carboxylic acids is 2. The predicted octanol–water partition coefficient (Wildman–Crippen LogP) is 3.47. The van der Waals surface area contributed by atoms with E-state index in [9.17, 15) is 9.59 Å². The molecule has 1 rings (SSSR count). The number of hydrogen-bond acceptors (Lipinski definition) is 3. The van der Waals surface area contributed by atoms with E-state index in [1.807, 2.05) is 13.8 Å². The maximum atomic E-state index is 12.3. The second kappa shape index (κ2) is 11.6. The number of amides is 1. The van der Waals surface area contributed by atoms with Gasteiger partial charge in [-0.2, -0.15) is 0 Å². The van der Waals surface area contributed by atoms with Crippen molar-refractivity contribution >= 4 is 11.7 Å². The zero-order valence-electron chi connectivity index (χ0n) is 15.0. The number of aliphatic hydroxyl groups is 1. The van der Waals surface area contributed by atoms with Crippen LogP contribution in [0, 0.1) is 17.8 Å². The second-order valence-corrected chi connectivity index (χ2v) is 7.15. The van der Waals surface area contributed by atoms with Gasteiger partial charge in [-0.05, 0) is 31.6 Å². The van der Waals surface area contributed by atoms with Crippen LogP contribution in [0.2, 0.25) is 0 Å². The third kappa shape index (κ3) is 7.96. The van der Waals surface area contributed by atoms with E-state index in [4.69, 9.17) is 5.11 Å². The quantitative estimate of drug-likeness (QED) is 0.611. The van der Waals surface area contributed by atoms with E-state index in [0.717, 1.165) is 44.6 Å². The van der Waals surface area contributed by atoms with Gasteiger partial charge in [-0.1, -0.05) is 52.4 Å². The van der Waals surface area contributed by atoms with E-state index in [0.29, 0.717) is 0 Å². The Balaban J connectivity index is 2.19. The summed E-state index contributed by atoms with van der Waals surface area (Å²) in [5.74, 6) is 0.818. The number of aliphatic hydroxyl groups excluding tert-OH is 1. The SMILES string of the molecule is CCC(CCCC(C)C(=O)CO)C(=O)NCCC1CCCCC1. The average Bonchev–Trinajstić information content (AvgIpc) is 2.58. The molecule has 1 aliphatic rings. The van der Waals surface area contributed by atoms with Gasteiger partial charge in [0.2, 0.25) is 5.91 Å². The van der Waals surface area contributed by atoms with Gasteiger partial charge >= 0.3 is 0 Å². The lowest BCUT2D eigenvalue weighted by Crippen LogP contribution is -2.32. The van der Waals surface area contributed by atoms with Gasteiger partial charge in [0.1, 0.15) is 6.61 Å². The molecule has 1 saturated carbocycles. The summed E-state index contributed by atoms with van der Waals surface area (Å²) in [5, 5.41) is 11.9. The minimum absolute atomic E-state index is 0.0535. The van der Waals surface area contributed by atoms with Gasteiger partial charge in [0.25, 0.3) is 0 Å². The van der Waals surface area contributed by atoms with Crippen molar-refractivity contribution in [3.05, 3.63) is 0 Å². The number of carbonyl (C=O) groups is 2. The lowest BCUT2D eigenvalue weighted by Gasteiger charge is -2.22. The molecular weight excluding hydrogens is 290 g/mol. The van der Waals surface area contributed by atoms with Crippen LogP contribution >= 0.6 is 0 Å². The van der Waals surface area contributed by atoms with Gasteiger partial charge in [0.15, 0.2) is 5.78 Å². The van der Waals surface area contributed by atoms with E-state index in [-0.39, 0.29) is 30.1 Å². The summed E-state index contributed by atoms with van der Waals surface area (Å²) in [6, 6.07) is 0. The number of Topliss-reactive ketones (excluding diaryl/α,β-unsaturated/α-hetero) is 1. The molecule has 0 aromatic rings. The molecule has 0 radical (unpaired) electrons. The van der Waals surface area contributed by atoms with Crippen molar-refractivity contribution in [2.45, 2.75) is 78.1 Å². The van der Waals surface area contributed by atoms with E-state index < -0.39 is 0 Å². The molecule has 0 saturated heterocycles. The number of rotatable bonds is 11. The van der Waals surface area contributed by atoms with Crippen LogP contribution in [-0.2, 0) is 9.59 Å². The van der Waals surface area contributed by atoms with Crippen molar-refractivity contribution in [3.63, 3.8) is 0 Å². The van der Waals surface area contributed by atoms with Crippen molar-refractivity contribution in [1.82, 2.24) is 5.32 Å². The maximum Gasteiger partial charge on any atom is 0.223 e. The van der Waals surface area contributed by atoms with Crippen LogP contribution in [0.5, 0.6) is 0 Å². The first kappa shape index (κ1) is 20.1. The van der Waals surface area contributed by atoms with Gasteiger partial charge in [-0.3, -0.25) is 9.59 Å². The Morgan fingerprint density at radius 3 is 2.48 bits per heavy atom. The first-order valence-corrected chi connectivity index (χ1v) is 9.49. The van der Waals surface area contributed by atoms with Crippen molar-refractivity contribution in [1.29, 1.82) is 0 Å². The first-order valence-electron chi connectivity index (χ1n) is 9.49. The van der Waals surface area contributed by atoms with E-state index in [1.165, 1.54) is 32.1 Å². The molecule has 1 aliphatic carbocycles. The minimum Gasteiger partial charge on any atom is -0.389 e. The van der Waals surface area contributed by atoms with Crippen LogP contribution in [0.3, 0.4) is 0 Å². The summed E-state index contributed by atoms with van der Waals surface area (Å²) in [5.41, 5.74) is 0. The molecular formula is C19H35NO3. The fourth-order valence-corrected chi connectivity index (χ4v) is 3.53. The minimum atomic E-state index is -0.375. The average molecular weight is 325 g/mol. The van der Waals surface area contributed by atoms with Gasteiger partial charge < -0.3 is 10.4 Å². The van der Waals surface area contributed by atoms with E-state index in [1.54, 1.807) is 0 Å². The molecule has 0 spiro atoms. The Kier molecular flexibility index (Phi) is 10.2. The van der Waals surface area contributed by atoms with Gasteiger partial charge in [0.05, 0.1) is 0 Å². The van der Waals surface area contributed by atoms with Crippen molar-refractivity contribution < 1.29 is 14.7 Å². The molecule has 2 N–H and O–H groups in total. The molecule has 0 bridgehead atoms. The third-order valence-corrected chi connectivity index (χ3v) is 5.34. The highest BCUT2D eigenvalue weighted by atomic mass is 16.3. The Morgan fingerprint density at radius 2 is 1.87 bits per heavy atom. The number of nitrogens with one attached hydrogen (secondary N) is 1. The van der Waals surface area contributed by atoms with Crippen LogP contribution in [0.15, 0.2) is 0 Å². The smallest absolute Gasteiger partial charge is 0.223 e. The molecule has 0 aromatic carbocycles. The van der Waals surface area contributed by atoms with Crippen LogP contribution in [0.1, 0.15) is 78.1 Å². The first-order chi connectivity index (χ1) is 11.1. The maximum absolute atomic E-state index is 12.3. The second-order valence-electron chi connectivity index (χ2n) is 7.15. The molecule has 1 fully saturated rings. The fourth-order valence-electron chi connectivity index (χ4n) is 3.53. The zero-order valence-corrected chi connectivity index (χ0v) is 15.0. The largest absolute Gasteiger partial charge is 0.389 e. The Labute approximate surface area is 141 Å². The fraction of sp³-hybridized carbons (Fsp3) is 0.895. The number of ketones is 1. The Hall–Kier alpha value is -0.900. The summed E-state index contributed by atoms with van der Waals surface area (Å²) >= 11 is 0. The molecule has 134 valence electrons. The standard InChI is InChI=1S/C19H35NO3/c1-3-17(11-7-8-15(2)18(22)14-21)19(23)20-13-12-16-9-5-4-6-10-16/h15-17,21H,3-14H2,1-2H3,(H,20,23). The van der Waals surface area contributed by atoms with Crippen LogP contribution < -0.4 is 5.32 Å². The predicted molar refractivity (Wildman–Crippen MR) is 93.1 cm³/mol. The molecule has 0 heterocycles. The third-order valence-electron chi connectivity index (χ3n) is 5.34. The van der Waals surface area contributed by atoms with E-state index in [2.05, 4.69) is 5.32 Å². The van der Waals surface area contributed by atoms with Gasteiger partial charge in [0, 0.05) is 18.4 Å². The number of hydrogen-bond donors (Lipinski definition) is 2. The zero-order chi connectivity index (χ0) is 17.1. The highest BCUT2D eigenvalue weighted by Gasteiger charge is 2.19. The lowest BCUT2D eigenvalue weighted by atomic mass is 9.87. The highest BCUT2D eigenvalue weighted by molar-refractivity contribution is 5.81. The van der Waals surface area contributed by atoms with Crippen molar-refractivity contribution in [3.8, 4) is 0 Å². The molecule has 2 unspecified atom stereocenters. The molecule has 4 nitrogen and oxygen atoms in total. The van der Waals surface area contributed by atoms with E-state index >= 15 is 0 Å². The lowest BCUT2D eigenvalue weighted by molar-refractivity contribution is -0.125. The summed E-state index contributed by atoms with van der Waals surface area (Å²) in [6.07, 6.45) is 11.1. The monoisotopic (exact) mass is 325 g/mol. The van der Waals surface area contributed by atoms with Crippen LogP contribution in [-0.4, -0.2) is 29.9 Å². The summed E-state index contributed by atoms with van der Waals surface area (Å²) in [7, 11) is 0. The molecule has 23 heavy (non-hydrogen) atoms.